The molecule has 0 saturated heterocycles. The van der Waals surface area contributed by atoms with Gasteiger partial charge in [-0.25, -0.2) is 9.98 Å². The molecule has 2 aromatic carbocycles. The maximum Gasteiger partial charge on any atom is 0.511 e. The van der Waals surface area contributed by atoms with Gasteiger partial charge in [0.1, 0.15) is 0 Å². The van der Waals surface area contributed by atoms with Gasteiger partial charge < -0.3 is 25.9 Å². The lowest BCUT2D eigenvalue weighted by Gasteiger charge is -2.25. The third kappa shape index (κ3) is 7.13. The van der Waals surface area contributed by atoms with Gasteiger partial charge in [-0.05, 0) is 23.0 Å². The van der Waals surface area contributed by atoms with Crippen LogP contribution in [0.1, 0.15) is 50.7 Å². The molecule has 210 valence electrons. The largest absolute Gasteiger partial charge is 0.511 e. The quantitative estimate of drug-likeness (QED) is 0.186. The van der Waals surface area contributed by atoms with E-state index in [9.17, 15) is 52.2 Å². The molecule has 0 atom stereocenters. The fourth-order valence-electron chi connectivity index (χ4n) is 3.60. The molecule has 0 aliphatic carbocycles. The molecule has 0 unspecified atom stereocenters. The van der Waals surface area contributed by atoms with E-state index in [1.807, 2.05) is 0 Å². The number of alkyl halides is 6. The first-order valence-corrected chi connectivity index (χ1v) is 11.0. The molecule has 0 radical (unpaired) electrons. The standard InChI is InChI=1S/C22H20B2F12N2/c1-11(2)13-7-5-9-15(23(31,32)33)17(13)37-19(21(25,26)27)20(22(28,29)30)38-18-14(12(3)4)8-6-10-16(18)24(34,35)36/h5-12H,1-4H3/q-2. The number of halogens is 12. The predicted molar refractivity (Wildman–Crippen MR) is 125 cm³/mol. The fourth-order valence-corrected chi connectivity index (χ4v) is 3.60. The highest BCUT2D eigenvalue weighted by molar-refractivity contribution is 6.75. The lowest BCUT2D eigenvalue weighted by molar-refractivity contribution is -0.0709. The first-order chi connectivity index (χ1) is 17.1. The Morgan fingerprint density at radius 3 is 1.08 bits per heavy atom. The maximum atomic E-state index is 14.0. The van der Waals surface area contributed by atoms with E-state index in [0.29, 0.717) is 12.1 Å². The van der Waals surface area contributed by atoms with Crippen LogP contribution < -0.4 is 10.9 Å². The second kappa shape index (κ2) is 10.7. The molecule has 0 spiro atoms. The monoisotopic (exact) mass is 562 g/mol. The van der Waals surface area contributed by atoms with Crippen LogP contribution >= 0.6 is 0 Å². The fraction of sp³-hybridized carbons (Fsp3) is 0.364. The molecule has 38 heavy (non-hydrogen) atoms. The molecule has 0 N–H and O–H groups in total. The summed E-state index contributed by atoms with van der Waals surface area (Å²) in [7, 11) is 0. The van der Waals surface area contributed by atoms with E-state index in [4.69, 9.17) is 0 Å². The lowest BCUT2D eigenvalue weighted by atomic mass is 9.76. The van der Waals surface area contributed by atoms with Gasteiger partial charge in [0.25, 0.3) is 0 Å². The number of nitrogens with zero attached hydrogens (tertiary/aromatic N) is 2. The molecule has 0 aliphatic heterocycles. The number of para-hydroxylation sites is 2. The van der Waals surface area contributed by atoms with Gasteiger partial charge in [-0.3, -0.25) is 0 Å². The first-order valence-electron chi connectivity index (χ1n) is 11.0. The molecular weight excluding hydrogens is 542 g/mol. The van der Waals surface area contributed by atoms with Gasteiger partial charge in [0.15, 0.2) is 11.4 Å². The van der Waals surface area contributed by atoms with Gasteiger partial charge >= 0.3 is 26.3 Å². The minimum absolute atomic E-state index is 0.363. The third-order valence-corrected chi connectivity index (χ3v) is 5.35. The molecule has 0 bridgehead atoms. The van der Waals surface area contributed by atoms with Gasteiger partial charge in [-0.1, -0.05) is 75.0 Å². The average molecular weight is 562 g/mol. The van der Waals surface area contributed by atoms with E-state index >= 15 is 0 Å². The second-order valence-corrected chi connectivity index (χ2v) is 8.95. The zero-order valence-electron chi connectivity index (χ0n) is 20.2. The summed E-state index contributed by atoms with van der Waals surface area (Å²) < 4.78 is 166. The van der Waals surface area contributed by atoms with Crippen molar-refractivity contribution in [3.05, 3.63) is 47.5 Å². The van der Waals surface area contributed by atoms with Crippen LogP contribution in [0, 0.1) is 0 Å². The van der Waals surface area contributed by atoms with Crippen molar-refractivity contribution in [2.24, 2.45) is 9.98 Å². The summed E-state index contributed by atoms with van der Waals surface area (Å²) in [6, 6.07) is 4.38. The Hall–Kier alpha value is -2.93. The summed E-state index contributed by atoms with van der Waals surface area (Å²) in [5.74, 6) is -1.82. The van der Waals surface area contributed by atoms with E-state index in [2.05, 4.69) is 9.98 Å². The smallest absolute Gasteiger partial charge is 0.445 e. The number of benzene rings is 2. The summed E-state index contributed by atoms with van der Waals surface area (Å²) in [4.78, 5) is 5.61. The van der Waals surface area contributed by atoms with Gasteiger partial charge in [0.2, 0.25) is 0 Å². The van der Waals surface area contributed by atoms with Crippen molar-refractivity contribution in [2.75, 3.05) is 0 Å². The highest BCUT2D eigenvalue weighted by Gasteiger charge is 2.51. The van der Waals surface area contributed by atoms with Crippen molar-refractivity contribution in [2.45, 2.75) is 51.9 Å². The molecule has 16 heteroatoms. The van der Waals surface area contributed by atoms with E-state index in [-0.39, 0.29) is 0 Å². The highest BCUT2D eigenvalue weighted by Crippen LogP contribution is 2.36. The number of aliphatic imine (C=N–C) groups is 2. The Morgan fingerprint density at radius 2 is 0.868 bits per heavy atom. The summed E-state index contributed by atoms with van der Waals surface area (Å²) >= 11 is 0. The van der Waals surface area contributed by atoms with Crippen LogP contribution in [0.3, 0.4) is 0 Å². The maximum absolute atomic E-state index is 14.0. The summed E-state index contributed by atoms with van der Waals surface area (Å²) in [5.41, 5.74) is -12.9. The second-order valence-electron chi connectivity index (χ2n) is 8.95. The highest BCUT2D eigenvalue weighted by atomic mass is 19.4. The first kappa shape index (κ1) is 31.3. The van der Waals surface area contributed by atoms with Crippen molar-refractivity contribution in [1.29, 1.82) is 0 Å². The van der Waals surface area contributed by atoms with Crippen LogP contribution in [-0.4, -0.2) is 37.7 Å². The molecular formula is C22H20B2F12N2-2. The van der Waals surface area contributed by atoms with Crippen LogP contribution in [0.15, 0.2) is 46.4 Å². The van der Waals surface area contributed by atoms with Crippen molar-refractivity contribution in [3.63, 3.8) is 0 Å². The number of rotatable bonds is 7. The molecule has 0 heterocycles. The van der Waals surface area contributed by atoms with Crippen LogP contribution in [0.5, 0.6) is 0 Å². The van der Waals surface area contributed by atoms with Crippen LogP contribution in [0.2, 0.25) is 0 Å². The minimum Gasteiger partial charge on any atom is -0.445 e. The molecule has 0 aromatic heterocycles. The zero-order valence-corrected chi connectivity index (χ0v) is 20.2. The van der Waals surface area contributed by atoms with Crippen LogP contribution in [-0.2, 0) is 0 Å². The third-order valence-electron chi connectivity index (χ3n) is 5.35. The topological polar surface area (TPSA) is 24.7 Å². The predicted octanol–water partition coefficient (Wildman–Crippen LogP) is 8.01. The molecule has 0 fully saturated rings. The normalized spacial score (nSPS) is 14.6. The summed E-state index contributed by atoms with van der Waals surface area (Å²) in [6.45, 7) is -6.96. The van der Waals surface area contributed by atoms with Crippen LogP contribution in [0.4, 0.5) is 63.6 Å². The molecule has 2 rings (SSSR count). The molecule has 0 saturated carbocycles. The Bertz CT molecular complexity index is 1130. The van der Waals surface area contributed by atoms with Crippen molar-refractivity contribution < 1.29 is 52.2 Å². The Kier molecular flexibility index (Phi) is 8.79. The van der Waals surface area contributed by atoms with Crippen molar-refractivity contribution in [1.82, 2.24) is 0 Å². The summed E-state index contributed by atoms with van der Waals surface area (Å²) in [6.07, 6.45) is -12.1. The van der Waals surface area contributed by atoms with Gasteiger partial charge in [-0.15, -0.1) is 0 Å². The van der Waals surface area contributed by atoms with Gasteiger partial charge in [0.05, 0.1) is 0 Å². The van der Waals surface area contributed by atoms with E-state index in [0.717, 1.165) is 24.3 Å². The Balaban J connectivity index is 3.13. The molecule has 0 aliphatic rings. The van der Waals surface area contributed by atoms with E-state index in [1.54, 1.807) is 0 Å². The number of hydrogen-bond acceptors (Lipinski definition) is 2. The summed E-state index contributed by atoms with van der Waals surface area (Å²) in [5, 5.41) is 0. The lowest BCUT2D eigenvalue weighted by Crippen LogP contribution is -2.42. The SMILES string of the molecule is CC(C)c1cccc([B-](F)(F)F)c1N=C(C(=Nc1c(C(C)C)cccc1[B-](F)(F)F)C(F)(F)F)C(F)(F)F. The molecule has 2 aromatic rings. The number of hydrogen-bond donors (Lipinski definition) is 0. The van der Waals surface area contributed by atoms with E-state index < -0.39 is 83.0 Å². The molecule has 0 amide bonds. The van der Waals surface area contributed by atoms with Gasteiger partial charge in [0, 0.05) is 11.4 Å². The van der Waals surface area contributed by atoms with E-state index in [1.165, 1.54) is 27.7 Å². The minimum atomic E-state index is -6.05. The van der Waals surface area contributed by atoms with Gasteiger partial charge in [-0.2, -0.15) is 26.3 Å². The Labute approximate surface area is 210 Å². The molecule has 2 nitrogen and oxygen atoms in total. The zero-order chi connectivity index (χ0) is 29.4. The Morgan fingerprint density at radius 1 is 0.579 bits per heavy atom. The van der Waals surface area contributed by atoms with Crippen molar-refractivity contribution >= 4 is 47.7 Å². The van der Waals surface area contributed by atoms with Crippen LogP contribution in [0.25, 0.3) is 0 Å². The van der Waals surface area contributed by atoms with Crippen molar-refractivity contribution in [3.8, 4) is 0 Å². The average Bonchev–Trinajstić information content (AvgIpc) is 2.72.